The van der Waals surface area contributed by atoms with E-state index in [1.165, 1.54) is 15.8 Å². The van der Waals surface area contributed by atoms with Crippen LogP contribution in [0.4, 0.5) is 5.69 Å². The molecule has 10 heteroatoms. The largest absolute Gasteiger partial charge is 0.467 e. The van der Waals surface area contributed by atoms with E-state index in [4.69, 9.17) is 13.9 Å². The van der Waals surface area contributed by atoms with Crippen LogP contribution >= 0.6 is 0 Å². The van der Waals surface area contributed by atoms with Crippen LogP contribution in [-0.4, -0.2) is 39.1 Å². The van der Waals surface area contributed by atoms with Gasteiger partial charge in [-0.15, -0.1) is 5.10 Å². The minimum Gasteiger partial charge on any atom is -0.467 e. The van der Waals surface area contributed by atoms with Gasteiger partial charge in [0.1, 0.15) is 17.8 Å². The fourth-order valence-electron chi connectivity index (χ4n) is 4.02. The molecule has 0 bridgehead atoms. The Morgan fingerprint density at radius 1 is 1.11 bits per heavy atom. The zero-order valence-electron chi connectivity index (χ0n) is 20.3. The number of hydrogen-bond acceptors (Lipinski definition) is 7. The van der Waals surface area contributed by atoms with Gasteiger partial charge < -0.3 is 19.2 Å². The smallest absolute Gasteiger partial charge is 0.251 e. The number of nitrogens with one attached hydrogen (secondary N) is 1. The van der Waals surface area contributed by atoms with Crippen LogP contribution in [0.1, 0.15) is 39.0 Å². The van der Waals surface area contributed by atoms with Gasteiger partial charge in [0.05, 0.1) is 11.8 Å². The number of furan rings is 1. The number of nitrogens with zero attached hydrogens (tertiary/aromatic N) is 4. The summed E-state index contributed by atoms with van der Waals surface area (Å²) in [5.41, 5.74) is 1.35. The Morgan fingerprint density at radius 2 is 1.92 bits per heavy atom. The summed E-state index contributed by atoms with van der Waals surface area (Å²) >= 11 is 0. The molecule has 186 valence electrons. The van der Waals surface area contributed by atoms with Crippen LogP contribution in [0, 0.1) is 0 Å². The van der Waals surface area contributed by atoms with Crippen LogP contribution in [0.3, 0.4) is 0 Å². The third-order valence-electron chi connectivity index (χ3n) is 6.27. The summed E-state index contributed by atoms with van der Waals surface area (Å²) < 4.78 is 18.2. The lowest BCUT2D eigenvalue weighted by Crippen LogP contribution is -2.51. The lowest BCUT2D eigenvalue weighted by atomic mass is 10.0. The third-order valence-corrected chi connectivity index (χ3v) is 6.27. The number of amides is 2. The monoisotopic (exact) mass is 489 g/mol. The zero-order valence-corrected chi connectivity index (χ0v) is 20.3. The minimum atomic E-state index is -1.08. The van der Waals surface area contributed by atoms with Gasteiger partial charge in [-0.2, -0.15) is 0 Å². The molecule has 0 aliphatic carbocycles. The first kappa shape index (κ1) is 23.4. The fraction of sp³-hybridized carbons (Fsp3) is 0.308. The molecule has 5 rings (SSSR count). The van der Waals surface area contributed by atoms with Crippen molar-refractivity contribution in [1.29, 1.82) is 0 Å². The summed E-state index contributed by atoms with van der Waals surface area (Å²) in [5.74, 6) is 0.638. The van der Waals surface area contributed by atoms with E-state index in [0.717, 1.165) is 0 Å². The quantitative estimate of drug-likeness (QED) is 0.400. The van der Waals surface area contributed by atoms with E-state index in [9.17, 15) is 9.59 Å². The number of fused-ring (bicyclic) bond motifs is 2. The van der Waals surface area contributed by atoms with Gasteiger partial charge in [-0.25, -0.2) is 4.68 Å². The molecule has 2 amide bonds. The molecule has 4 aromatic rings. The van der Waals surface area contributed by atoms with Gasteiger partial charge >= 0.3 is 0 Å². The van der Waals surface area contributed by atoms with Crippen LogP contribution in [0.15, 0.2) is 65.3 Å². The number of aromatic nitrogens is 3. The first-order chi connectivity index (χ1) is 17.4. The maximum Gasteiger partial charge on any atom is 0.251 e. The van der Waals surface area contributed by atoms with Crippen molar-refractivity contribution in [1.82, 2.24) is 20.3 Å². The Labute approximate surface area is 207 Å². The Balaban J connectivity index is 1.58. The highest BCUT2D eigenvalue weighted by Crippen LogP contribution is 2.38. The van der Waals surface area contributed by atoms with E-state index in [2.05, 4.69) is 15.6 Å². The van der Waals surface area contributed by atoms with Crippen LogP contribution in [-0.2, 0) is 16.1 Å². The van der Waals surface area contributed by atoms with E-state index < -0.39 is 11.6 Å². The number of hydrogen-bond donors (Lipinski definition) is 1. The van der Waals surface area contributed by atoms with E-state index in [-0.39, 0.29) is 25.2 Å². The topological polar surface area (TPSA) is 112 Å². The van der Waals surface area contributed by atoms with Crippen molar-refractivity contribution in [2.24, 2.45) is 0 Å². The van der Waals surface area contributed by atoms with Crippen molar-refractivity contribution in [2.45, 2.75) is 45.3 Å². The second-order valence-corrected chi connectivity index (χ2v) is 9.18. The number of carbonyl (C=O) groups excluding carboxylic acids is 2. The first-order valence-electron chi connectivity index (χ1n) is 11.7. The van der Waals surface area contributed by atoms with Crippen molar-refractivity contribution in [3.63, 3.8) is 0 Å². The number of rotatable bonds is 8. The molecule has 1 aliphatic rings. The summed E-state index contributed by atoms with van der Waals surface area (Å²) in [5, 5.41) is 11.4. The van der Waals surface area contributed by atoms with Crippen molar-refractivity contribution < 1.29 is 23.5 Å². The number of anilines is 1. The van der Waals surface area contributed by atoms with E-state index in [1.807, 2.05) is 45.0 Å². The normalized spacial score (nSPS) is 13.5. The Morgan fingerprint density at radius 3 is 2.69 bits per heavy atom. The van der Waals surface area contributed by atoms with Crippen molar-refractivity contribution in [2.75, 3.05) is 11.7 Å². The molecule has 3 heterocycles. The molecule has 0 radical (unpaired) electrons. The van der Waals surface area contributed by atoms with E-state index in [0.29, 0.717) is 40.4 Å². The second kappa shape index (κ2) is 9.37. The average molecular weight is 490 g/mol. The van der Waals surface area contributed by atoms with Crippen LogP contribution in [0.2, 0.25) is 0 Å². The van der Waals surface area contributed by atoms with Crippen molar-refractivity contribution >= 4 is 28.5 Å². The van der Waals surface area contributed by atoms with Crippen molar-refractivity contribution in [3.8, 4) is 11.5 Å². The number of ether oxygens (including phenoxy) is 2. The molecule has 2 aromatic heterocycles. The molecule has 2 aromatic carbocycles. The van der Waals surface area contributed by atoms with Gasteiger partial charge in [0.15, 0.2) is 17.5 Å². The molecule has 36 heavy (non-hydrogen) atoms. The predicted molar refractivity (Wildman–Crippen MR) is 132 cm³/mol. The molecule has 0 unspecified atom stereocenters. The molecule has 1 atom stereocenters. The van der Waals surface area contributed by atoms with Gasteiger partial charge in [0, 0.05) is 17.3 Å². The molecule has 10 nitrogen and oxygen atoms in total. The zero-order chi connectivity index (χ0) is 25.3. The molecular formula is C26H27N5O5. The highest BCUT2D eigenvalue weighted by Gasteiger charge is 2.37. The summed E-state index contributed by atoms with van der Waals surface area (Å²) in [6.45, 7) is 5.79. The summed E-state index contributed by atoms with van der Waals surface area (Å²) in [4.78, 5) is 29.1. The maximum absolute atomic E-state index is 14.0. The average Bonchev–Trinajstić information content (AvgIpc) is 3.63. The lowest BCUT2D eigenvalue weighted by Gasteiger charge is -2.33. The number of carbonyl (C=O) groups is 2. The summed E-state index contributed by atoms with van der Waals surface area (Å²) in [6, 6.07) is 14.8. The Hall–Kier alpha value is -4.34. The van der Waals surface area contributed by atoms with Gasteiger partial charge in [0.25, 0.3) is 5.91 Å². The Kier molecular flexibility index (Phi) is 6.09. The van der Waals surface area contributed by atoms with E-state index in [1.54, 1.807) is 30.3 Å². The van der Waals surface area contributed by atoms with Crippen LogP contribution in [0.5, 0.6) is 11.5 Å². The fourth-order valence-corrected chi connectivity index (χ4v) is 4.02. The number of benzene rings is 2. The number of para-hydroxylation sites is 1. The third kappa shape index (κ3) is 4.49. The Bertz CT molecular complexity index is 1400. The SMILES string of the molecule is CCC(C)(C)NC(=O)[C@H](c1ccco1)N(C(=O)Cn1nnc2ccccc21)c1ccc2c(c1)OCO2. The minimum absolute atomic E-state index is 0.0878. The van der Waals surface area contributed by atoms with Gasteiger partial charge in [-0.1, -0.05) is 24.3 Å². The lowest BCUT2D eigenvalue weighted by molar-refractivity contribution is -0.128. The van der Waals surface area contributed by atoms with Crippen LogP contribution in [0.25, 0.3) is 11.0 Å². The van der Waals surface area contributed by atoms with E-state index >= 15 is 0 Å². The molecular weight excluding hydrogens is 462 g/mol. The van der Waals surface area contributed by atoms with Crippen LogP contribution < -0.4 is 19.7 Å². The maximum atomic E-state index is 14.0. The predicted octanol–water partition coefficient (Wildman–Crippen LogP) is 3.83. The summed E-state index contributed by atoms with van der Waals surface area (Å²) in [6.07, 6.45) is 2.18. The standard InChI is InChI=1S/C26H27N5O5/c1-4-26(2,3)27-25(33)24(21-10-7-13-34-21)31(17-11-12-20-22(14-17)36-16-35-20)23(32)15-30-19-9-6-5-8-18(19)28-29-30/h5-14,24H,4,15-16H2,1-3H3,(H,27,33)/t24-/m0/s1. The first-order valence-corrected chi connectivity index (χ1v) is 11.7. The molecule has 0 fully saturated rings. The molecule has 0 saturated carbocycles. The van der Waals surface area contributed by atoms with Gasteiger partial charge in [0.2, 0.25) is 12.7 Å². The van der Waals surface area contributed by atoms with Crippen molar-refractivity contribution in [3.05, 3.63) is 66.6 Å². The summed E-state index contributed by atoms with van der Waals surface area (Å²) in [7, 11) is 0. The van der Waals surface area contributed by atoms with Gasteiger partial charge in [-0.05, 0) is 56.7 Å². The molecule has 0 spiro atoms. The second-order valence-electron chi connectivity index (χ2n) is 9.18. The van der Waals surface area contributed by atoms with Gasteiger partial charge in [-0.3, -0.25) is 14.5 Å². The molecule has 1 aliphatic heterocycles. The molecule has 1 N–H and O–H groups in total. The molecule has 0 saturated heterocycles. The highest BCUT2D eigenvalue weighted by molar-refractivity contribution is 6.01. The highest BCUT2D eigenvalue weighted by atomic mass is 16.7.